The van der Waals surface area contributed by atoms with Gasteiger partial charge in [0.2, 0.25) is 0 Å². The van der Waals surface area contributed by atoms with Gasteiger partial charge in [-0.1, -0.05) is 0 Å². The maximum absolute atomic E-state index is 11.4. The first-order chi connectivity index (χ1) is 7.04. The molecule has 0 radical (unpaired) electrons. The summed E-state index contributed by atoms with van der Waals surface area (Å²) in [5, 5.41) is 2.67. The molecular weight excluding hydrogens is 276 g/mol. The zero-order chi connectivity index (χ0) is 11.4. The number of likely N-dealkylation sites (N-methyl/N-ethyl adjacent to an activating group) is 2. The molecule has 1 unspecified atom stereocenters. The van der Waals surface area contributed by atoms with Gasteiger partial charge in [0.05, 0.1) is 15.7 Å². The topological polar surface area (TPSA) is 33.5 Å². The Bertz CT molecular complexity index is 340. The highest BCUT2D eigenvalue weighted by atomic mass is 79.9. The van der Waals surface area contributed by atoms with Crippen LogP contribution < -0.4 is 10.2 Å². The third-order valence-electron chi connectivity index (χ3n) is 2.46. The van der Waals surface area contributed by atoms with Crippen LogP contribution in [0.1, 0.15) is 11.8 Å². The highest BCUT2D eigenvalue weighted by Gasteiger charge is 2.20. The highest BCUT2D eigenvalue weighted by molar-refractivity contribution is 9.11. The Hall–Kier alpha value is -0.390. The number of hydrogen-bond acceptors (Lipinski definition) is 2. The monoisotopic (exact) mass is 291 g/mol. The highest BCUT2D eigenvalue weighted by Crippen LogP contribution is 2.21. The molecule has 1 aromatic heterocycles. The Balaban J connectivity index is 2.55. The third kappa shape index (κ3) is 3.59. The van der Waals surface area contributed by atoms with Gasteiger partial charge in [0, 0.05) is 7.05 Å². The van der Waals surface area contributed by atoms with Crippen molar-refractivity contribution < 1.29 is 9.69 Å². The quantitative estimate of drug-likeness (QED) is 0.840. The molecule has 1 amide bonds. The molecule has 3 nitrogen and oxygen atoms in total. The molecule has 0 bridgehead atoms. The molecule has 0 saturated heterocycles. The molecule has 15 heavy (non-hydrogen) atoms. The normalized spacial score (nSPS) is 14.7. The average molecular weight is 292 g/mol. The Morgan fingerprint density at radius 3 is 2.80 bits per heavy atom. The van der Waals surface area contributed by atoms with Crippen LogP contribution in [0.15, 0.2) is 15.9 Å². The maximum Gasteiger partial charge on any atom is 0.277 e. The molecule has 0 fully saturated rings. The molecule has 0 aromatic carbocycles. The van der Waals surface area contributed by atoms with Crippen molar-refractivity contribution in [3.8, 4) is 0 Å². The molecule has 0 saturated carbocycles. The molecule has 1 aromatic rings. The van der Waals surface area contributed by atoms with E-state index in [2.05, 4.69) is 27.3 Å². The molecule has 0 aliphatic carbocycles. The molecule has 1 heterocycles. The smallest absolute Gasteiger partial charge is 0.277 e. The maximum atomic E-state index is 11.4. The minimum atomic E-state index is -0.0177. The molecular formula is C10H16BrN2OS+. The van der Waals surface area contributed by atoms with E-state index in [1.807, 2.05) is 20.0 Å². The fourth-order valence-electron chi connectivity index (χ4n) is 1.31. The minimum Gasteiger partial charge on any atom is -0.354 e. The number of nitrogens with one attached hydrogen (secondary N) is 2. The molecule has 0 aliphatic heterocycles. The van der Waals surface area contributed by atoms with Gasteiger partial charge in [0.15, 0.2) is 6.04 Å². The molecule has 84 valence electrons. The van der Waals surface area contributed by atoms with Crippen molar-refractivity contribution in [3.63, 3.8) is 0 Å². The summed E-state index contributed by atoms with van der Waals surface area (Å²) in [5.74, 6) is 0.0862. The van der Waals surface area contributed by atoms with Crippen molar-refractivity contribution in [3.05, 3.63) is 20.8 Å². The van der Waals surface area contributed by atoms with Gasteiger partial charge in [0.1, 0.15) is 6.54 Å². The van der Waals surface area contributed by atoms with E-state index in [-0.39, 0.29) is 11.9 Å². The van der Waals surface area contributed by atoms with E-state index in [4.69, 9.17) is 0 Å². The Morgan fingerprint density at radius 1 is 1.67 bits per heavy atom. The van der Waals surface area contributed by atoms with E-state index in [9.17, 15) is 4.79 Å². The largest absolute Gasteiger partial charge is 0.354 e. The van der Waals surface area contributed by atoms with Gasteiger partial charge < -0.3 is 10.2 Å². The van der Waals surface area contributed by atoms with Crippen LogP contribution >= 0.6 is 27.3 Å². The van der Waals surface area contributed by atoms with Gasteiger partial charge in [0.25, 0.3) is 5.91 Å². The SMILES string of the molecule is CNC(=O)[C@H](C)[NH+](C)Cc1ccc(Br)s1. The number of hydrogen-bond donors (Lipinski definition) is 2. The first kappa shape index (κ1) is 12.7. The van der Waals surface area contributed by atoms with E-state index in [0.717, 1.165) is 10.3 Å². The van der Waals surface area contributed by atoms with Crippen LogP contribution in [0.4, 0.5) is 0 Å². The summed E-state index contributed by atoms with van der Waals surface area (Å²) in [4.78, 5) is 13.9. The van der Waals surface area contributed by atoms with Crippen LogP contribution in [0.25, 0.3) is 0 Å². The van der Waals surface area contributed by atoms with Gasteiger partial charge >= 0.3 is 0 Å². The standard InChI is InChI=1S/C10H15BrN2OS/c1-7(10(14)12-2)13(3)6-8-4-5-9(11)15-8/h4-5,7H,6H2,1-3H3,(H,12,14)/p+1/t7-/m0/s1. The van der Waals surface area contributed by atoms with Crippen molar-refractivity contribution >= 4 is 33.2 Å². The first-order valence-corrected chi connectivity index (χ1v) is 6.43. The van der Waals surface area contributed by atoms with Gasteiger partial charge in [-0.05, 0) is 35.0 Å². The van der Waals surface area contributed by atoms with E-state index in [0.29, 0.717) is 0 Å². The number of rotatable bonds is 4. The van der Waals surface area contributed by atoms with Crippen LogP contribution in [-0.2, 0) is 11.3 Å². The first-order valence-electron chi connectivity index (χ1n) is 4.82. The third-order valence-corrected chi connectivity index (χ3v) is 4.08. The number of carbonyl (C=O) groups excluding carboxylic acids is 1. The molecule has 0 aliphatic rings. The Morgan fingerprint density at radius 2 is 2.33 bits per heavy atom. The average Bonchev–Trinajstić information content (AvgIpc) is 2.61. The van der Waals surface area contributed by atoms with Crippen LogP contribution in [-0.4, -0.2) is 26.0 Å². The van der Waals surface area contributed by atoms with Crippen LogP contribution in [0.5, 0.6) is 0 Å². The predicted molar refractivity (Wildman–Crippen MR) is 66.1 cm³/mol. The number of thiophene rings is 1. The van der Waals surface area contributed by atoms with Crippen molar-refractivity contribution in [2.75, 3.05) is 14.1 Å². The number of halogens is 1. The second kappa shape index (κ2) is 5.63. The summed E-state index contributed by atoms with van der Waals surface area (Å²) in [6.07, 6.45) is 0. The van der Waals surface area contributed by atoms with Gasteiger partial charge in [-0.25, -0.2) is 0 Å². The van der Waals surface area contributed by atoms with E-state index < -0.39 is 0 Å². The summed E-state index contributed by atoms with van der Waals surface area (Å²) < 4.78 is 1.14. The zero-order valence-electron chi connectivity index (χ0n) is 9.13. The summed E-state index contributed by atoms with van der Waals surface area (Å²) in [7, 11) is 3.71. The van der Waals surface area contributed by atoms with Crippen molar-refractivity contribution in [2.45, 2.75) is 19.5 Å². The van der Waals surface area contributed by atoms with Crippen molar-refractivity contribution in [2.24, 2.45) is 0 Å². The Labute approximate surface area is 103 Å². The second-order valence-electron chi connectivity index (χ2n) is 3.56. The van der Waals surface area contributed by atoms with E-state index in [1.165, 1.54) is 9.78 Å². The van der Waals surface area contributed by atoms with Gasteiger partial charge in [-0.2, -0.15) is 0 Å². The number of quaternary nitrogens is 1. The lowest BCUT2D eigenvalue weighted by Gasteiger charge is -2.19. The summed E-state index contributed by atoms with van der Waals surface area (Å²) >= 11 is 5.15. The van der Waals surface area contributed by atoms with Crippen molar-refractivity contribution in [1.82, 2.24) is 5.32 Å². The van der Waals surface area contributed by atoms with Crippen LogP contribution in [0.3, 0.4) is 0 Å². The van der Waals surface area contributed by atoms with Crippen LogP contribution in [0, 0.1) is 0 Å². The molecule has 0 spiro atoms. The number of carbonyl (C=O) groups is 1. The van der Waals surface area contributed by atoms with Crippen molar-refractivity contribution in [1.29, 1.82) is 0 Å². The van der Waals surface area contributed by atoms with Gasteiger partial charge in [-0.15, -0.1) is 11.3 Å². The fraction of sp³-hybridized carbons (Fsp3) is 0.500. The lowest BCUT2D eigenvalue weighted by atomic mass is 10.2. The molecule has 2 atom stereocenters. The zero-order valence-corrected chi connectivity index (χ0v) is 11.5. The lowest BCUT2D eigenvalue weighted by molar-refractivity contribution is -0.907. The minimum absolute atomic E-state index is 0.0177. The number of amides is 1. The van der Waals surface area contributed by atoms with E-state index >= 15 is 0 Å². The van der Waals surface area contributed by atoms with E-state index in [1.54, 1.807) is 18.4 Å². The summed E-state index contributed by atoms with van der Waals surface area (Å²) in [6.45, 7) is 2.82. The van der Waals surface area contributed by atoms with Crippen LogP contribution in [0.2, 0.25) is 0 Å². The fourth-order valence-corrected chi connectivity index (χ4v) is 2.89. The Kier molecular flexibility index (Phi) is 4.76. The van der Waals surface area contributed by atoms with Gasteiger partial charge in [-0.3, -0.25) is 4.79 Å². The second-order valence-corrected chi connectivity index (χ2v) is 6.11. The molecule has 2 N–H and O–H groups in total. The summed E-state index contributed by atoms with van der Waals surface area (Å²) in [5.41, 5.74) is 0. The molecule has 1 rings (SSSR count). The predicted octanol–water partition coefficient (Wildman–Crippen LogP) is 0.660. The lowest BCUT2D eigenvalue weighted by Crippen LogP contribution is -3.12. The molecule has 5 heteroatoms. The summed E-state index contributed by atoms with van der Waals surface area (Å²) in [6, 6.07) is 4.11.